The van der Waals surface area contributed by atoms with Gasteiger partial charge in [0.05, 0.1) is 31.2 Å². The number of carbonyl (C=O) groups excluding carboxylic acids is 1. The number of fused-ring (bicyclic) bond motifs is 1. The maximum atomic E-state index is 12.6. The number of ether oxygens (including phenoxy) is 1. The number of nitrogens with zero attached hydrogens (tertiary/aromatic N) is 3. The van der Waals surface area contributed by atoms with Gasteiger partial charge in [0.25, 0.3) is 0 Å². The predicted molar refractivity (Wildman–Crippen MR) is 110 cm³/mol. The van der Waals surface area contributed by atoms with Crippen molar-refractivity contribution in [3.05, 3.63) is 53.0 Å². The summed E-state index contributed by atoms with van der Waals surface area (Å²) in [5.74, 6) is 0.797. The molecule has 8 nitrogen and oxygen atoms in total. The largest absolute Gasteiger partial charge is 0.497 e. The molecule has 3 N–H and O–H groups in total. The fourth-order valence-corrected chi connectivity index (χ4v) is 3.74. The molecular formula is C21H26N6O2. The average molecular weight is 394 g/mol. The van der Waals surface area contributed by atoms with Crippen molar-refractivity contribution in [3.63, 3.8) is 0 Å². The van der Waals surface area contributed by atoms with Crippen LogP contribution in [0.3, 0.4) is 0 Å². The molecule has 0 atom stereocenters. The maximum absolute atomic E-state index is 12.6. The summed E-state index contributed by atoms with van der Waals surface area (Å²) in [6.07, 6.45) is 6.21. The first kappa shape index (κ1) is 19.0. The van der Waals surface area contributed by atoms with Crippen LogP contribution < -0.4 is 10.1 Å². The molecule has 1 aliphatic rings. The number of methoxy groups -OCH3 is 1. The number of carbonyl (C=O) groups is 1. The van der Waals surface area contributed by atoms with Crippen LogP contribution >= 0.6 is 0 Å². The molecule has 0 saturated heterocycles. The van der Waals surface area contributed by atoms with Crippen LogP contribution in [0.15, 0.2) is 30.5 Å². The fraction of sp³-hybridized carbons (Fsp3) is 0.381. The van der Waals surface area contributed by atoms with E-state index in [0.29, 0.717) is 13.1 Å². The minimum atomic E-state index is -0.139. The number of rotatable bonds is 6. The number of nitrogens with one attached hydrogen (secondary N) is 3. The lowest BCUT2D eigenvalue weighted by atomic mass is 9.96. The summed E-state index contributed by atoms with van der Waals surface area (Å²) < 4.78 is 5.20. The van der Waals surface area contributed by atoms with Crippen molar-refractivity contribution in [2.45, 2.75) is 38.8 Å². The third kappa shape index (κ3) is 4.11. The summed E-state index contributed by atoms with van der Waals surface area (Å²) in [6, 6.07) is 7.59. The fourth-order valence-electron chi connectivity index (χ4n) is 3.74. The molecule has 8 heteroatoms. The summed E-state index contributed by atoms with van der Waals surface area (Å²) >= 11 is 0. The molecule has 29 heavy (non-hydrogen) atoms. The summed E-state index contributed by atoms with van der Waals surface area (Å²) in [5.41, 5.74) is 6.28. The zero-order chi connectivity index (χ0) is 20.2. The number of hydrogen-bond donors (Lipinski definition) is 3. The van der Waals surface area contributed by atoms with Crippen molar-refractivity contribution < 1.29 is 9.53 Å². The Morgan fingerprint density at radius 1 is 1.21 bits per heavy atom. The van der Waals surface area contributed by atoms with Crippen molar-refractivity contribution >= 4 is 6.03 Å². The Bertz CT molecular complexity index is 975. The van der Waals surface area contributed by atoms with Crippen molar-refractivity contribution in [2.75, 3.05) is 14.2 Å². The van der Waals surface area contributed by atoms with Gasteiger partial charge < -0.3 is 15.0 Å². The van der Waals surface area contributed by atoms with Crippen LogP contribution in [0.1, 0.15) is 35.4 Å². The van der Waals surface area contributed by atoms with Crippen LogP contribution in [0, 0.1) is 0 Å². The number of H-pyrrole nitrogens is 2. The van der Waals surface area contributed by atoms with Gasteiger partial charge in [0.2, 0.25) is 0 Å². The van der Waals surface area contributed by atoms with Crippen LogP contribution in [0.2, 0.25) is 0 Å². The number of benzene rings is 1. The smallest absolute Gasteiger partial charge is 0.317 e. The number of hydrogen-bond acceptors (Lipinski definition) is 4. The lowest BCUT2D eigenvalue weighted by Crippen LogP contribution is -2.36. The van der Waals surface area contributed by atoms with Gasteiger partial charge in [0, 0.05) is 30.4 Å². The first-order valence-corrected chi connectivity index (χ1v) is 9.86. The van der Waals surface area contributed by atoms with Gasteiger partial charge in [-0.2, -0.15) is 10.2 Å². The zero-order valence-electron chi connectivity index (χ0n) is 16.8. The highest BCUT2D eigenvalue weighted by atomic mass is 16.5. The van der Waals surface area contributed by atoms with E-state index in [9.17, 15) is 4.79 Å². The Balaban J connectivity index is 1.37. The third-order valence-electron chi connectivity index (χ3n) is 5.40. The van der Waals surface area contributed by atoms with Crippen LogP contribution in [0.4, 0.5) is 4.79 Å². The van der Waals surface area contributed by atoms with Gasteiger partial charge >= 0.3 is 6.03 Å². The van der Waals surface area contributed by atoms with Gasteiger partial charge in [-0.1, -0.05) is 0 Å². The number of amides is 2. The van der Waals surface area contributed by atoms with Crippen molar-refractivity contribution in [1.29, 1.82) is 0 Å². The van der Waals surface area contributed by atoms with Crippen LogP contribution in [-0.4, -0.2) is 45.5 Å². The molecule has 0 aliphatic heterocycles. The number of aromatic nitrogens is 4. The predicted octanol–water partition coefficient (Wildman–Crippen LogP) is 3.03. The monoisotopic (exact) mass is 394 g/mol. The average Bonchev–Trinajstić information content (AvgIpc) is 3.39. The molecule has 152 valence electrons. The summed E-state index contributed by atoms with van der Waals surface area (Å²) in [5, 5.41) is 17.7. The lowest BCUT2D eigenvalue weighted by Gasteiger charge is -2.18. The second-order valence-electron chi connectivity index (χ2n) is 7.35. The second kappa shape index (κ2) is 8.38. The van der Waals surface area contributed by atoms with Crippen LogP contribution in [0.25, 0.3) is 11.3 Å². The molecule has 2 aromatic heterocycles. The molecule has 1 aliphatic carbocycles. The maximum Gasteiger partial charge on any atom is 0.317 e. The molecule has 2 amide bonds. The Kier molecular flexibility index (Phi) is 5.50. The lowest BCUT2D eigenvalue weighted by molar-refractivity contribution is 0.206. The Morgan fingerprint density at radius 2 is 2.00 bits per heavy atom. The van der Waals surface area contributed by atoms with E-state index in [2.05, 4.69) is 25.7 Å². The van der Waals surface area contributed by atoms with E-state index in [4.69, 9.17) is 4.74 Å². The minimum Gasteiger partial charge on any atom is -0.497 e. The molecule has 0 unspecified atom stereocenters. The zero-order valence-corrected chi connectivity index (χ0v) is 16.8. The highest BCUT2D eigenvalue weighted by Crippen LogP contribution is 2.24. The van der Waals surface area contributed by atoms with E-state index >= 15 is 0 Å². The van der Waals surface area contributed by atoms with E-state index in [-0.39, 0.29) is 6.03 Å². The molecule has 3 aromatic rings. The molecule has 4 rings (SSSR count). The van der Waals surface area contributed by atoms with E-state index in [0.717, 1.165) is 41.1 Å². The van der Waals surface area contributed by atoms with Crippen molar-refractivity contribution in [2.24, 2.45) is 0 Å². The standard InChI is InChI=1S/C21H26N6O2/c1-27(13-19-17-5-3-4-6-18(17)24-25-19)21(28)22-11-15-12-23-26-20(15)14-7-9-16(29-2)10-8-14/h7-10,12H,3-6,11,13H2,1-2H3,(H,22,28)(H,23,26)(H,24,25). The molecule has 0 bridgehead atoms. The summed E-state index contributed by atoms with van der Waals surface area (Å²) in [4.78, 5) is 14.3. The Morgan fingerprint density at radius 3 is 2.79 bits per heavy atom. The first-order chi connectivity index (χ1) is 14.2. The van der Waals surface area contributed by atoms with Gasteiger partial charge in [-0.15, -0.1) is 0 Å². The van der Waals surface area contributed by atoms with Crippen molar-refractivity contribution in [1.82, 2.24) is 30.6 Å². The van der Waals surface area contributed by atoms with Gasteiger partial charge in [0.15, 0.2) is 0 Å². The summed E-state index contributed by atoms with van der Waals surface area (Å²) in [6.45, 7) is 0.883. The molecule has 0 fully saturated rings. The molecule has 0 saturated carbocycles. The van der Waals surface area contributed by atoms with Gasteiger partial charge in [-0.05, 0) is 55.5 Å². The normalized spacial score (nSPS) is 13.0. The molecular weight excluding hydrogens is 368 g/mol. The molecule has 1 aromatic carbocycles. The van der Waals surface area contributed by atoms with E-state index < -0.39 is 0 Å². The molecule has 2 heterocycles. The first-order valence-electron chi connectivity index (χ1n) is 9.86. The highest BCUT2D eigenvalue weighted by molar-refractivity contribution is 5.74. The van der Waals surface area contributed by atoms with Crippen LogP contribution in [0.5, 0.6) is 5.75 Å². The van der Waals surface area contributed by atoms with Gasteiger partial charge in [0.1, 0.15) is 5.75 Å². The summed E-state index contributed by atoms with van der Waals surface area (Å²) in [7, 11) is 3.43. The topological polar surface area (TPSA) is 98.9 Å². The van der Waals surface area contributed by atoms with E-state index in [1.807, 2.05) is 24.3 Å². The second-order valence-corrected chi connectivity index (χ2v) is 7.35. The SMILES string of the molecule is COc1ccc(-c2[nH]ncc2CNC(=O)N(C)Cc2n[nH]c3c2CCCC3)cc1. The molecule has 0 radical (unpaired) electrons. The van der Waals surface area contributed by atoms with Crippen molar-refractivity contribution in [3.8, 4) is 17.0 Å². The van der Waals surface area contributed by atoms with Crippen LogP contribution in [-0.2, 0) is 25.9 Å². The van der Waals surface area contributed by atoms with Gasteiger partial charge in [-0.25, -0.2) is 4.79 Å². The Labute approximate surface area is 169 Å². The number of aryl methyl sites for hydroxylation is 1. The van der Waals surface area contributed by atoms with Gasteiger partial charge in [-0.3, -0.25) is 10.2 Å². The Hall–Kier alpha value is -3.29. The number of urea groups is 1. The number of aromatic amines is 2. The van der Waals surface area contributed by atoms with E-state index in [1.54, 1.807) is 25.3 Å². The third-order valence-corrected chi connectivity index (χ3v) is 5.40. The quantitative estimate of drug-likeness (QED) is 0.598. The minimum absolute atomic E-state index is 0.139. The highest BCUT2D eigenvalue weighted by Gasteiger charge is 2.19. The molecule has 0 spiro atoms. The van der Waals surface area contributed by atoms with E-state index in [1.165, 1.54) is 24.1 Å².